The van der Waals surface area contributed by atoms with E-state index in [0.29, 0.717) is 17.1 Å². The van der Waals surface area contributed by atoms with Crippen LogP contribution in [0.2, 0.25) is 5.02 Å². The number of benzene rings is 2. The van der Waals surface area contributed by atoms with Gasteiger partial charge >= 0.3 is 5.97 Å². The number of carbonyl (C=O) groups is 3. The number of likely N-dealkylation sites (tertiary alicyclic amines) is 1. The van der Waals surface area contributed by atoms with Gasteiger partial charge in [-0.25, -0.2) is 4.79 Å². The molecular weight excluding hydrogens is 390 g/mol. The molecule has 0 radical (unpaired) electrons. The second kappa shape index (κ2) is 9.70. The van der Waals surface area contributed by atoms with E-state index < -0.39 is 5.97 Å². The summed E-state index contributed by atoms with van der Waals surface area (Å²) in [5.41, 5.74) is 0.799. The van der Waals surface area contributed by atoms with Crippen molar-refractivity contribution >= 4 is 29.3 Å². The fourth-order valence-corrected chi connectivity index (χ4v) is 3.78. The van der Waals surface area contributed by atoms with Gasteiger partial charge < -0.3 is 9.64 Å². The summed E-state index contributed by atoms with van der Waals surface area (Å²) >= 11 is 5.88. The Morgan fingerprint density at radius 1 is 1.03 bits per heavy atom. The van der Waals surface area contributed by atoms with E-state index in [1.54, 1.807) is 42.5 Å². The molecule has 1 aliphatic rings. The molecule has 0 bridgehead atoms. The van der Waals surface area contributed by atoms with Crippen LogP contribution in [0.15, 0.2) is 48.5 Å². The van der Waals surface area contributed by atoms with Crippen molar-refractivity contribution in [2.75, 3.05) is 13.2 Å². The first-order valence-corrected chi connectivity index (χ1v) is 10.2. The van der Waals surface area contributed by atoms with Crippen molar-refractivity contribution in [2.24, 2.45) is 0 Å². The first-order chi connectivity index (χ1) is 14.0. The van der Waals surface area contributed by atoms with Gasteiger partial charge in [0, 0.05) is 28.7 Å². The van der Waals surface area contributed by atoms with Gasteiger partial charge in [0.1, 0.15) is 0 Å². The molecule has 1 heterocycles. The quantitative estimate of drug-likeness (QED) is 0.516. The summed E-state index contributed by atoms with van der Waals surface area (Å²) in [7, 11) is 0. The van der Waals surface area contributed by atoms with Crippen LogP contribution in [0.4, 0.5) is 0 Å². The second-order valence-corrected chi connectivity index (χ2v) is 7.54. The van der Waals surface area contributed by atoms with E-state index in [2.05, 4.69) is 6.92 Å². The Balaban J connectivity index is 1.70. The predicted molar refractivity (Wildman–Crippen MR) is 111 cm³/mol. The van der Waals surface area contributed by atoms with Gasteiger partial charge in [-0.2, -0.15) is 0 Å². The van der Waals surface area contributed by atoms with E-state index in [4.69, 9.17) is 16.3 Å². The van der Waals surface area contributed by atoms with E-state index in [-0.39, 0.29) is 35.5 Å². The minimum atomic E-state index is -0.679. The molecule has 6 heteroatoms. The standard InChI is InChI=1S/C23H24ClNO4/c1-2-18-7-5-6-14-25(18)21(26)15-29-23(28)20-9-4-3-8-19(20)22(27)16-10-12-17(24)13-11-16/h3-4,8-13,18H,2,5-7,14-15H2,1H3. The molecule has 2 aromatic carbocycles. The molecule has 3 rings (SSSR count). The first-order valence-electron chi connectivity index (χ1n) is 9.87. The van der Waals surface area contributed by atoms with E-state index >= 15 is 0 Å². The largest absolute Gasteiger partial charge is 0.452 e. The maximum Gasteiger partial charge on any atom is 0.339 e. The molecule has 2 aromatic rings. The monoisotopic (exact) mass is 413 g/mol. The number of hydrogen-bond donors (Lipinski definition) is 0. The lowest BCUT2D eigenvalue weighted by Crippen LogP contribution is -2.45. The van der Waals surface area contributed by atoms with E-state index in [1.165, 1.54) is 6.07 Å². The number of nitrogens with zero attached hydrogens (tertiary/aromatic N) is 1. The highest BCUT2D eigenvalue weighted by molar-refractivity contribution is 6.30. The van der Waals surface area contributed by atoms with Gasteiger partial charge in [0.05, 0.1) is 5.56 Å². The summed E-state index contributed by atoms with van der Waals surface area (Å²) in [6, 6.07) is 13.1. The van der Waals surface area contributed by atoms with Crippen LogP contribution >= 0.6 is 11.6 Å². The van der Waals surface area contributed by atoms with Crippen LogP contribution in [-0.4, -0.2) is 41.8 Å². The average molecular weight is 414 g/mol. The molecule has 1 aliphatic heterocycles. The molecule has 152 valence electrons. The lowest BCUT2D eigenvalue weighted by Gasteiger charge is -2.35. The number of amides is 1. The van der Waals surface area contributed by atoms with Crippen molar-refractivity contribution in [3.8, 4) is 0 Å². The topological polar surface area (TPSA) is 63.7 Å². The zero-order valence-electron chi connectivity index (χ0n) is 16.4. The number of ketones is 1. The van der Waals surface area contributed by atoms with Crippen molar-refractivity contribution in [3.05, 3.63) is 70.2 Å². The van der Waals surface area contributed by atoms with Gasteiger partial charge in [-0.1, -0.05) is 36.7 Å². The van der Waals surface area contributed by atoms with E-state index in [9.17, 15) is 14.4 Å². The third-order valence-corrected chi connectivity index (χ3v) is 5.50. The summed E-state index contributed by atoms with van der Waals surface area (Å²) in [4.78, 5) is 39.8. The van der Waals surface area contributed by atoms with Crippen LogP contribution in [-0.2, 0) is 9.53 Å². The maximum atomic E-state index is 12.8. The minimum absolute atomic E-state index is 0.144. The number of ether oxygens (including phenoxy) is 1. The molecule has 0 aromatic heterocycles. The number of rotatable bonds is 6. The highest BCUT2D eigenvalue weighted by Crippen LogP contribution is 2.20. The smallest absolute Gasteiger partial charge is 0.339 e. The molecule has 1 unspecified atom stereocenters. The normalized spacial score (nSPS) is 16.3. The second-order valence-electron chi connectivity index (χ2n) is 7.10. The van der Waals surface area contributed by atoms with Crippen LogP contribution in [0.3, 0.4) is 0 Å². The van der Waals surface area contributed by atoms with Crippen molar-refractivity contribution < 1.29 is 19.1 Å². The molecule has 0 N–H and O–H groups in total. The number of carbonyl (C=O) groups excluding carboxylic acids is 3. The van der Waals surface area contributed by atoms with Crippen LogP contribution in [0.1, 0.15) is 58.9 Å². The summed E-state index contributed by atoms with van der Waals surface area (Å²) in [6.45, 7) is 2.43. The van der Waals surface area contributed by atoms with Crippen molar-refractivity contribution in [3.63, 3.8) is 0 Å². The minimum Gasteiger partial charge on any atom is -0.452 e. The maximum absolute atomic E-state index is 12.8. The van der Waals surface area contributed by atoms with Gasteiger partial charge in [0.15, 0.2) is 12.4 Å². The van der Waals surface area contributed by atoms with Crippen LogP contribution in [0.25, 0.3) is 0 Å². The Hall–Kier alpha value is -2.66. The SMILES string of the molecule is CCC1CCCCN1C(=O)COC(=O)c1ccccc1C(=O)c1ccc(Cl)cc1. The Morgan fingerprint density at radius 3 is 2.41 bits per heavy atom. The van der Waals surface area contributed by atoms with Crippen LogP contribution < -0.4 is 0 Å². The molecule has 1 amide bonds. The third kappa shape index (κ3) is 5.04. The molecule has 29 heavy (non-hydrogen) atoms. The van der Waals surface area contributed by atoms with Crippen LogP contribution in [0.5, 0.6) is 0 Å². The lowest BCUT2D eigenvalue weighted by molar-refractivity contribution is -0.138. The summed E-state index contributed by atoms with van der Waals surface area (Å²) in [5, 5.41) is 0.524. The van der Waals surface area contributed by atoms with Crippen molar-refractivity contribution in [2.45, 2.75) is 38.6 Å². The zero-order valence-corrected chi connectivity index (χ0v) is 17.2. The van der Waals surface area contributed by atoms with Gasteiger partial charge in [0.25, 0.3) is 5.91 Å². The fraction of sp³-hybridized carbons (Fsp3) is 0.348. The van der Waals surface area contributed by atoms with Gasteiger partial charge in [0.2, 0.25) is 0 Å². The van der Waals surface area contributed by atoms with Gasteiger partial charge in [-0.05, 0) is 56.0 Å². The Morgan fingerprint density at radius 2 is 1.72 bits per heavy atom. The Kier molecular flexibility index (Phi) is 7.04. The van der Waals surface area contributed by atoms with Crippen molar-refractivity contribution in [1.29, 1.82) is 0 Å². The molecule has 1 fully saturated rings. The molecule has 1 saturated heterocycles. The highest BCUT2D eigenvalue weighted by Gasteiger charge is 2.26. The molecule has 0 spiro atoms. The Bertz CT molecular complexity index is 894. The fourth-order valence-electron chi connectivity index (χ4n) is 3.66. The summed E-state index contributed by atoms with van der Waals surface area (Å²) in [5.74, 6) is -1.17. The van der Waals surface area contributed by atoms with E-state index in [1.807, 2.05) is 4.90 Å². The number of halogens is 1. The molecule has 5 nitrogen and oxygen atoms in total. The van der Waals surface area contributed by atoms with Gasteiger partial charge in [-0.3, -0.25) is 9.59 Å². The first kappa shape index (κ1) is 21.1. The number of hydrogen-bond acceptors (Lipinski definition) is 4. The summed E-state index contributed by atoms with van der Waals surface area (Å²) < 4.78 is 5.28. The predicted octanol–water partition coefficient (Wildman–Crippen LogP) is 4.52. The number of piperidine rings is 1. The van der Waals surface area contributed by atoms with E-state index in [0.717, 1.165) is 25.7 Å². The Labute approximate surface area is 175 Å². The average Bonchev–Trinajstić information content (AvgIpc) is 2.77. The molecule has 0 saturated carbocycles. The molecule has 0 aliphatic carbocycles. The van der Waals surface area contributed by atoms with Crippen LogP contribution in [0, 0.1) is 0 Å². The number of esters is 1. The molecule has 1 atom stereocenters. The van der Waals surface area contributed by atoms with Gasteiger partial charge in [-0.15, -0.1) is 0 Å². The third-order valence-electron chi connectivity index (χ3n) is 5.24. The zero-order chi connectivity index (χ0) is 20.8. The molecular formula is C23H24ClNO4. The lowest BCUT2D eigenvalue weighted by atomic mass is 9.98. The highest BCUT2D eigenvalue weighted by atomic mass is 35.5. The summed E-state index contributed by atoms with van der Waals surface area (Å²) in [6.07, 6.45) is 3.95. The van der Waals surface area contributed by atoms with Crippen molar-refractivity contribution in [1.82, 2.24) is 4.90 Å².